The van der Waals surface area contributed by atoms with Crippen molar-refractivity contribution < 1.29 is 9.90 Å². The number of likely N-dealkylation sites (N-methyl/N-ethyl adjacent to an activating group) is 1. The number of hydrogen-bond acceptors (Lipinski definition) is 4. The summed E-state index contributed by atoms with van der Waals surface area (Å²) in [7, 11) is 3.45. The molecule has 126 valence electrons. The maximum absolute atomic E-state index is 11.7. The topological polar surface area (TPSA) is 64.9 Å². The van der Waals surface area contributed by atoms with Gasteiger partial charge in [-0.25, -0.2) is 4.99 Å². The zero-order valence-corrected chi connectivity index (χ0v) is 15.2. The summed E-state index contributed by atoms with van der Waals surface area (Å²) in [6, 6.07) is 0. The van der Waals surface area contributed by atoms with Gasteiger partial charge in [0.15, 0.2) is 0 Å². The van der Waals surface area contributed by atoms with Crippen molar-refractivity contribution in [1.82, 2.24) is 10.2 Å². The van der Waals surface area contributed by atoms with E-state index in [1.807, 2.05) is 13.1 Å². The van der Waals surface area contributed by atoms with E-state index in [1.54, 1.807) is 14.1 Å². The molecular weight excluding hydrogens is 298 g/mol. The molecule has 0 aliphatic carbocycles. The normalized spacial score (nSPS) is 13.7. The average molecular weight is 327 g/mol. The molecule has 1 unspecified atom stereocenters. The Labute approximate surface area is 139 Å². The maximum Gasteiger partial charge on any atom is 0.224 e. The predicted octanol–water partition coefficient (Wildman–Crippen LogP) is 2.50. The predicted molar refractivity (Wildman–Crippen MR) is 96.0 cm³/mol. The first-order valence-electron chi connectivity index (χ1n) is 7.71. The molecule has 0 aliphatic heterocycles. The van der Waals surface area contributed by atoms with Crippen molar-refractivity contribution in [3.05, 3.63) is 11.4 Å². The van der Waals surface area contributed by atoms with Crippen molar-refractivity contribution in [2.45, 2.75) is 46.5 Å². The van der Waals surface area contributed by atoms with Crippen LogP contribution in [-0.2, 0) is 4.79 Å². The Kier molecular flexibility index (Phi) is 10.7. The summed E-state index contributed by atoms with van der Waals surface area (Å²) in [6.07, 6.45) is 5.63. The first-order chi connectivity index (χ1) is 10.4. The second kappa shape index (κ2) is 11.3. The molecule has 2 N–H and O–H groups in total. The van der Waals surface area contributed by atoms with Gasteiger partial charge in [-0.15, -0.1) is 0 Å². The number of unbranched alkanes of at least 4 members (excludes halogenated alkanes) is 1. The number of aliphatic hydroxyl groups excluding tert-OH is 1. The number of nitrogens with zero attached hydrogens (tertiary/aromatic N) is 2. The highest BCUT2D eigenvalue weighted by Crippen LogP contribution is 2.15. The number of nitrogens with one attached hydrogen (secondary N) is 1. The van der Waals surface area contributed by atoms with Crippen molar-refractivity contribution in [3.8, 4) is 0 Å². The molecule has 0 saturated heterocycles. The van der Waals surface area contributed by atoms with Gasteiger partial charge in [0, 0.05) is 39.4 Å². The van der Waals surface area contributed by atoms with Crippen LogP contribution in [0, 0.1) is 5.92 Å². The van der Waals surface area contributed by atoms with Crippen LogP contribution in [-0.4, -0.2) is 47.8 Å². The number of aliphatic imine (C=N–C) groups is 1. The van der Waals surface area contributed by atoms with Crippen molar-refractivity contribution >= 4 is 29.3 Å². The first-order valence-corrected chi connectivity index (χ1v) is 8.12. The third-order valence-corrected chi connectivity index (χ3v) is 4.12. The summed E-state index contributed by atoms with van der Waals surface area (Å²) in [4.78, 5) is 18.3. The lowest BCUT2D eigenvalue weighted by atomic mass is 10.0. The minimum Gasteiger partial charge on any atom is -0.396 e. The second-order valence-corrected chi connectivity index (χ2v) is 5.68. The van der Waals surface area contributed by atoms with E-state index in [0.29, 0.717) is 16.7 Å². The first kappa shape index (κ1) is 20.7. The fourth-order valence-electron chi connectivity index (χ4n) is 1.95. The zero-order valence-electron chi connectivity index (χ0n) is 14.3. The number of amides is 1. The third kappa shape index (κ3) is 7.13. The van der Waals surface area contributed by atoms with E-state index < -0.39 is 0 Å². The number of aliphatic hydroxyl groups is 1. The van der Waals surface area contributed by atoms with Crippen LogP contribution in [0.15, 0.2) is 16.4 Å². The van der Waals surface area contributed by atoms with Gasteiger partial charge >= 0.3 is 0 Å². The van der Waals surface area contributed by atoms with E-state index in [0.717, 1.165) is 31.3 Å². The molecule has 0 spiro atoms. The molecule has 6 heteroatoms. The SMILES string of the molecule is CCC(C=N/C(=C(\C)C(=S)NC)N(C)C(C)=O)CCCCO. The van der Waals surface area contributed by atoms with Gasteiger partial charge in [-0.3, -0.25) is 9.69 Å². The van der Waals surface area contributed by atoms with Gasteiger partial charge in [-0.05, 0) is 32.1 Å². The Balaban J connectivity index is 5.23. The molecule has 0 saturated carbocycles. The Morgan fingerprint density at radius 2 is 2.05 bits per heavy atom. The van der Waals surface area contributed by atoms with Gasteiger partial charge in [0.05, 0.1) is 0 Å². The molecule has 0 heterocycles. The molecule has 22 heavy (non-hydrogen) atoms. The minimum atomic E-state index is -0.0845. The Morgan fingerprint density at radius 3 is 2.50 bits per heavy atom. The third-order valence-electron chi connectivity index (χ3n) is 3.61. The van der Waals surface area contributed by atoms with Crippen LogP contribution in [0.4, 0.5) is 0 Å². The summed E-state index contributed by atoms with van der Waals surface area (Å²) in [6.45, 7) is 5.70. The number of thiocarbonyl (C=S) groups is 1. The molecular formula is C16H29N3O2S. The maximum atomic E-state index is 11.7. The standard InChI is InChI=1S/C16H29N3O2S/c1-6-14(9-7-8-10-20)11-18-15(19(5)13(3)21)12(2)16(22)17-4/h11,14,20H,6-10H2,1-5H3,(H,17,22)/b15-12-,18-11?. The quantitative estimate of drug-likeness (QED) is 0.296. The number of carbonyl (C=O) groups excluding carboxylic acids is 1. The zero-order chi connectivity index (χ0) is 17.1. The van der Waals surface area contributed by atoms with E-state index in [-0.39, 0.29) is 12.5 Å². The molecule has 5 nitrogen and oxygen atoms in total. The molecule has 0 bridgehead atoms. The van der Waals surface area contributed by atoms with Crippen LogP contribution in [0.5, 0.6) is 0 Å². The van der Waals surface area contributed by atoms with Crippen LogP contribution in [0.25, 0.3) is 0 Å². The lowest BCUT2D eigenvalue weighted by Gasteiger charge is -2.19. The van der Waals surface area contributed by atoms with E-state index >= 15 is 0 Å². The van der Waals surface area contributed by atoms with Crippen LogP contribution < -0.4 is 5.32 Å². The second-order valence-electron chi connectivity index (χ2n) is 5.27. The van der Waals surface area contributed by atoms with Crippen LogP contribution in [0.1, 0.15) is 46.5 Å². The number of hydrogen-bond donors (Lipinski definition) is 2. The molecule has 0 radical (unpaired) electrons. The summed E-state index contributed by atoms with van der Waals surface area (Å²) >= 11 is 5.25. The summed E-state index contributed by atoms with van der Waals surface area (Å²) in [5, 5.41) is 11.8. The lowest BCUT2D eigenvalue weighted by Crippen LogP contribution is -2.27. The van der Waals surface area contributed by atoms with Gasteiger partial charge in [0.2, 0.25) is 5.91 Å². The largest absolute Gasteiger partial charge is 0.396 e. The smallest absolute Gasteiger partial charge is 0.224 e. The van der Waals surface area contributed by atoms with Crippen molar-refractivity contribution in [3.63, 3.8) is 0 Å². The Morgan fingerprint density at radius 1 is 1.41 bits per heavy atom. The van der Waals surface area contributed by atoms with Gasteiger partial charge in [0.1, 0.15) is 10.8 Å². The van der Waals surface area contributed by atoms with Crippen LogP contribution in [0.3, 0.4) is 0 Å². The highest BCUT2D eigenvalue weighted by Gasteiger charge is 2.14. The van der Waals surface area contributed by atoms with E-state index in [9.17, 15) is 4.79 Å². The fraction of sp³-hybridized carbons (Fsp3) is 0.688. The van der Waals surface area contributed by atoms with E-state index in [1.165, 1.54) is 11.8 Å². The number of rotatable bonds is 9. The van der Waals surface area contributed by atoms with Crippen LogP contribution in [0.2, 0.25) is 0 Å². The van der Waals surface area contributed by atoms with Gasteiger partial charge in [0.25, 0.3) is 0 Å². The molecule has 0 aromatic carbocycles. The monoisotopic (exact) mass is 327 g/mol. The molecule has 1 amide bonds. The molecule has 0 fully saturated rings. The molecule has 0 aromatic heterocycles. The Bertz CT molecular complexity index is 433. The van der Waals surface area contributed by atoms with Crippen molar-refractivity contribution in [1.29, 1.82) is 0 Å². The van der Waals surface area contributed by atoms with Crippen molar-refractivity contribution in [2.75, 3.05) is 20.7 Å². The van der Waals surface area contributed by atoms with Gasteiger partial charge in [-0.1, -0.05) is 25.6 Å². The number of carbonyl (C=O) groups is 1. The minimum absolute atomic E-state index is 0.0845. The van der Waals surface area contributed by atoms with Crippen LogP contribution >= 0.6 is 12.2 Å². The molecule has 0 aromatic rings. The lowest BCUT2D eigenvalue weighted by molar-refractivity contribution is -0.125. The summed E-state index contributed by atoms with van der Waals surface area (Å²) < 4.78 is 0. The summed E-state index contributed by atoms with van der Waals surface area (Å²) in [5.41, 5.74) is 0.775. The molecule has 0 rings (SSSR count). The molecule has 1 atom stereocenters. The fourth-order valence-corrected chi connectivity index (χ4v) is 2.04. The highest BCUT2D eigenvalue weighted by atomic mass is 32.1. The van der Waals surface area contributed by atoms with E-state index in [2.05, 4.69) is 17.2 Å². The van der Waals surface area contributed by atoms with Crippen molar-refractivity contribution in [2.24, 2.45) is 10.9 Å². The Hall–Kier alpha value is -1.27. The summed E-state index contributed by atoms with van der Waals surface area (Å²) in [5.74, 6) is 0.823. The van der Waals surface area contributed by atoms with E-state index in [4.69, 9.17) is 17.3 Å². The highest BCUT2D eigenvalue weighted by molar-refractivity contribution is 7.80. The average Bonchev–Trinajstić information content (AvgIpc) is 2.51. The van der Waals surface area contributed by atoms with Gasteiger partial charge in [-0.2, -0.15) is 0 Å². The molecule has 0 aliphatic rings. The van der Waals surface area contributed by atoms with Gasteiger partial charge < -0.3 is 10.4 Å².